The maximum absolute atomic E-state index is 13.4. The summed E-state index contributed by atoms with van der Waals surface area (Å²) in [6.07, 6.45) is 0. The molecule has 0 unspecified atom stereocenters. The van der Waals surface area contributed by atoms with E-state index in [0.717, 1.165) is 11.3 Å². The monoisotopic (exact) mass is 282 g/mol. The van der Waals surface area contributed by atoms with Crippen LogP contribution in [-0.2, 0) is 6.54 Å². The zero-order valence-electron chi connectivity index (χ0n) is 11.6. The third-order valence-corrected chi connectivity index (χ3v) is 3.34. The van der Waals surface area contributed by atoms with Crippen LogP contribution in [0.1, 0.15) is 11.4 Å². The molecule has 0 saturated heterocycles. The summed E-state index contributed by atoms with van der Waals surface area (Å²) in [4.78, 5) is 0. The van der Waals surface area contributed by atoms with Crippen LogP contribution in [0.25, 0.3) is 17.1 Å². The Kier molecular flexibility index (Phi) is 3.50. The number of aryl methyl sites for hydroxylation is 1. The lowest BCUT2D eigenvalue weighted by Gasteiger charge is -2.10. The molecular formula is C16H15FN4. The SMILES string of the molecule is Cc1cc(-c2nnc(CN)n2-c2ccccc2)ccc1F. The number of halogens is 1. The molecule has 0 aliphatic rings. The molecule has 2 aromatic carbocycles. The van der Waals surface area contributed by atoms with Crippen LogP contribution in [0, 0.1) is 12.7 Å². The van der Waals surface area contributed by atoms with E-state index in [9.17, 15) is 4.39 Å². The van der Waals surface area contributed by atoms with E-state index in [0.29, 0.717) is 17.2 Å². The smallest absolute Gasteiger partial charge is 0.168 e. The average molecular weight is 282 g/mol. The minimum absolute atomic E-state index is 0.233. The van der Waals surface area contributed by atoms with Gasteiger partial charge in [0.25, 0.3) is 0 Å². The topological polar surface area (TPSA) is 56.7 Å². The third kappa shape index (κ3) is 2.43. The molecular weight excluding hydrogens is 267 g/mol. The lowest BCUT2D eigenvalue weighted by atomic mass is 10.1. The number of benzene rings is 2. The Bertz CT molecular complexity index is 765. The van der Waals surface area contributed by atoms with Crippen LogP contribution in [0.5, 0.6) is 0 Å². The van der Waals surface area contributed by atoms with Gasteiger partial charge in [-0.15, -0.1) is 10.2 Å². The Balaban J connectivity index is 2.20. The van der Waals surface area contributed by atoms with Gasteiger partial charge in [-0.3, -0.25) is 4.57 Å². The van der Waals surface area contributed by atoms with Crippen LogP contribution in [0.15, 0.2) is 48.5 Å². The fraction of sp³-hybridized carbons (Fsp3) is 0.125. The fourth-order valence-corrected chi connectivity index (χ4v) is 2.27. The van der Waals surface area contributed by atoms with Crippen molar-refractivity contribution in [1.82, 2.24) is 14.8 Å². The first-order valence-electron chi connectivity index (χ1n) is 6.67. The third-order valence-electron chi connectivity index (χ3n) is 3.34. The Labute approximate surface area is 122 Å². The molecule has 3 rings (SSSR count). The minimum Gasteiger partial charge on any atom is -0.324 e. The average Bonchev–Trinajstić information content (AvgIpc) is 2.95. The molecule has 0 aliphatic carbocycles. The van der Waals surface area contributed by atoms with Gasteiger partial charge < -0.3 is 5.73 Å². The van der Waals surface area contributed by atoms with Crippen molar-refractivity contribution < 1.29 is 4.39 Å². The molecule has 0 atom stereocenters. The van der Waals surface area contributed by atoms with Gasteiger partial charge in [0.15, 0.2) is 11.6 Å². The van der Waals surface area contributed by atoms with Crippen molar-refractivity contribution in [1.29, 1.82) is 0 Å². The second kappa shape index (κ2) is 5.46. The highest BCUT2D eigenvalue weighted by Crippen LogP contribution is 2.24. The summed E-state index contributed by atoms with van der Waals surface area (Å²) in [5.41, 5.74) is 8.06. The van der Waals surface area contributed by atoms with Crippen LogP contribution < -0.4 is 5.73 Å². The van der Waals surface area contributed by atoms with Gasteiger partial charge in [-0.25, -0.2) is 4.39 Å². The van der Waals surface area contributed by atoms with Gasteiger partial charge in [-0.05, 0) is 42.8 Å². The summed E-state index contributed by atoms with van der Waals surface area (Å²) >= 11 is 0. The lowest BCUT2D eigenvalue weighted by molar-refractivity contribution is 0.618. The van der Waals surface area contributed by atoms with Crippen molar-refractivity contribution >= 4 is 0 Å². The Morgan fingerprint density at radius 1 is 1.10 bits per heavy atom. The first-order chi connectivity index (χ1) is 10.2. The Morgan fingerprint density at radius 2 is 1.86 bits per heavy atom. The van der Waals surface area contributed by atoms with Crippen LogP contribution in [0.3, 0.4) is 0 Å². The number of rotatable bonds is 3. The molecule has 0 spiro atoms. The maximum Gasteiger partial charge on any atom is 0.168 e. The van der Waals surface area contributed by atoms with Gasteiger partial charge >= 0.3 is 0 Å². The lowest BCUT2D eigenvalue weighted by Crippen LogP contribution is -2.07. The van der Waals surface area contributed by atoms with Gasteiger partial charge in [0.05, 0.1) is 6.54 Å². The van der Waals surface area contributed by atoms with Crippen molar-refractivity contribution in [3.63, 3.8) is 0 Å². The van der Waals surface area contributed by atoms with Crippen molar-refractivity contribution in [2.45, 2.75) is 13.5 Å². The van der Waals surface area contributed by atoms with Gasteiger partial charge in [-0.2, -0.15) is 0 Å². The van der Waals surface area contributed by atoms with Gasteiger partial charge in [0.2, 0.25) is 0 Å². The molecule has 3 aromatic rings. The first-order valence-corrected chi connectivity index (χ1v) is 6.67. The van der Waals surface area contributed by atoms with Crippen molar-refractivity contribution in [2.75, 3.05) is 0 Å². The molecule has 0 amide bonds. The number of hydrogen-bond donors (Lipinski definition) is 1. The van der Waals surface area contributed by atoms with E-state index in [-0.39, 0.29) is 12.4 Å². The van der Waals surface area contributed by atoms with Crippen molar-refractivity contribution in [2.24, 2.45) is 5.73 Å². The molecule has 21 heavy (non-hydrogen) atoms. The first kappa shape index (κ1) is 13.5. The summed E-state index contributed by atoms with van der Waals surface area (Å²) in [5.74, 6) is 1.09. The van der Waals surface area contributed by atoms with Gasteiger partial charge in [0, 0.05) is 11.3 Å². The Hall–Kier alpha value is -2.53. The molecule has 0 fully saturated rings. The number of nitrogens with zero attached hydrogens (tertiary/aromatic N) is 3. The predicted molar refractivity (Wildman–Crippen MR) is 79.4 cm³/mol. The molecule has 106 valence electrons. The van der Waals surface area contributed by atoms with Crippen LogP contribution in [0.4, 0.5) is 4.39 Å². The standard InChI is InChI=1S/C16H15FN4/c1-11-9-12(7-8-14(11)17)16-20-19-15(10-18)21(16)13-5-3-2-4-6-13/h2-9H,10,18H2,1H3. The van der Waals surface area contributed by atoms with Crippen LogP contribution in [-0.4, -0.2) is 14.8 Å². The molecule has 0 radical (unpaired) electrons. The molecule has 4 nitrogen and oxygen atoms in total. The van der Waals surface area contributed by atoms with E-state index in [4.69, 9.17) is 5.73 Å². The molecule has 5 heteroatoms. The summed E-state index contributed by atoms with van der Waals surface area (Å²) < 4.78 is 15.3. The zero-order chi connectivity index (χ0) is 14.8. The summed E-state index contributed by atoms with van der Waals surface area (Å²) in [6, 6.07) is 14.6. The molecule has 0 saturated carbocycles. The largest absolute Gasteiger partial charge is 0.324 e. The maximum atomic E-state index is 13.4. The highest BCUT2D eigenvalue weighted by molar-refractivity contribution is 5.59. The molecule has 1 aromatic heterocycles. The van der Waals surface area contributed by atoms with Gasteiger partial charge in [-0.1, -0.05) is 18.2 Å². The fourth-order valence-electron chi connectivity index (χ4n) is 2.27. The normalized spacial score (nSPS) is 10.8. The number of para-hydroxylation sites is 1. The minimum atomic E-state index is -0.233. The second-order valence-corrected chi connectivity index (χ2v) is 4.78. The van der Waals surface area contributed by atoms with E-state index in [1.165, 1.54) is 6.07 Å². The van der Waals surface area contributed by atoms with Crippen molar-refractivity contribution in [3.8, 4) is 17.1 Å². The summed E-state index contributed by atoms with van der Waals surface area (Å²) in [5, 5.41) is 8.35. The van der Waals surface area contributed by atoms with Crippen LogP contribution >= 0.6 is 0 Å². The summed E-state index contributed by atoms with van der Waals surface area (Å²) in [7, 11) is 0. The van der Waals surface area contributed by atoms with E-state index in [1.54, 1.807) is 19.1 Å². The number of nitrogens with two attached hydrogens (primary N) is 1. The Morgan fingerprint density at radius 3 is 2.52 bits per heavy atom. The number of hydrogen-bond acceptors (Lipinski definition) is 3. The van der Waals surface area contributed by atoms with Gasteiger partial charge in [0.1, 0.15) is 5.82 Å². The highest BCUT2D eigenvalue weighted by atomic mass is 19.1. The van der Waals surface area contributed by atoms with Crippen molar-refractivity contribution in [3.05, 3.63) is 65.7 Å². The molecule has 0 aliphatic heterocycles. The van der Waals surface area contributed by atoms with E-state index in [2.05, 4.69) is 10.2 Å². The number of aromatic nitrogens is 3. The van der Waals surface area contributed by atoms with E-state index >= 15 is 0 Å². The molecule has 2 N–H and O–H groups in total. The quantitative estimate of drug-likeness (QED) is 0.803. The summed E-state index contributed by atoms with van der Waals surface area (Å²) in [6.45, 7) is 2.01. The second-order valence-electron chi connectivity index (χ2n) is 4.78. The molecule has 0 bridgehead atoms. The zero-order valence-corrected chi connectivity index (χ0v) is 11.6. The van der Waals surface area contributed by atoms with Crippen LogP contribution in [0.2, 0.25) is 0 Å². The molecule has 1 heterocycles. The van der Waals surface area contributed by atoms with E-state index in [1.807, 2.05) is 34.9 Å². The predicted octanol–water partition coefficient (Wildman–Crippen LogP) is 2.84. The highest BCUT2D eigenvalue weighted by Gasteiger charge is 2.15. The van der Waals surface area contributed by atoms with E-state index < -0.39 is 0 Å².